The second kappa shape index (κ2) is 5.85. The van der Waals surface area contributed by atoms with E-state index < -0.39 is 17.8 Å². The lowest BCUT2D eigenvalue weighted by molar-refractivity contribution is -0.176. The Bertz CT molecular complexity index is 467. The molecule has 0 saturated heterocycles. The van der Waals surface area contributed by atoms with E-state index in [0.717, 1.165) is 6.92 Å². The third kappa shape index (κ3) is 3.55. The number of aldehydes is 1. The van der Waals surface area contributed by atoms with Gasteiger partial charge in [0.25, 0.3) is 0 Å². The van der Waals surface area contributed by atoms with Crippen LogP contribution < -0.4 is 5.32 Å². The fourth-order valence-electron chi connectivity index (χ4n) is 1.59. The smallest absolute Gasteiger partial charge is 0.303 e. The molecule has 2 atom stereocenters. The number of nitrogens with one attached hydrogen (secondary N) is 1. The molecule has 0 fully saturated rings. The fraction of sp³-hybridized carbons (Fsp3) is 0.385. The SMILES string of the molecule is CC(C#N)(NC(CC=O)c1ccccc1)C(F)(F)F. The van der Waals surface area contributed by atoms with Gasteiger partial charge >= 0.3 is 6.18 Å². The summed E-state index contributed by atoms with van der Waals surface area (Å²) in [4.78, 5) is 10.6. The maximum absolute atomic E-state index is 12.8. The number of carbonyl (C=O) groups excluding carboxylic acids is 1. The van der Waals surface area contributed by atoms with Crippen molar-refractivity contribution in [1.82, 2.24) is 5.32 Å². The number of carbonyl (C=O) groups is 1. The van der Waals surface area contributed by atoms with Gasteiger partial charge in [-0.3, -0.25) is 5.32 Å². The fourth-order valence-corrected chi connectivity index (χ4v) is 1.59. The van der Waals surface area contributed by atoms with Gasteiger partial charge in [-0.05, 0) is 12.5 Å². The molecule has 0 amide bonds. The number of halogens is 3. The first-order valence-corrected chi connectivity index (χ1v) is 5.58. The van der Waals surface area contributed by atoms with Gasteiger partial charge in [0.2, 0.25) is 5.54 Å². The molecule has 0 spiro atoms. The summed E-state index contributed by atoms with van der Waals surface area (Å²) in [5.74, 6) is 0. The van der Waals surface area contributed by atoms with E-state index in [2.05, 4.69) is 5.32 Å². The van der Waals surface area contributed by atoms with Crippen molar-refractivity contribution < 1.29 is 18.0 Å². The highest BCUT2D eigenvalue weighted by atomic mass is 19.4. The number of nitriles is 1. The molecular weight excluding hydrogens is 257 g/mol. The summed E-state index contributed by atoms with van der Waals surface area (Å²) in [6, 6.07) is 8.62. The summed E-state index contributed by atoms with van der Waals surface area (Å²) in [6.45, 7) is 0.758. The predicted molar refractivity (Wildman–Crippen MR) is 63.1 cm³/mol. The van der Waals surface area contributed by atoms with Crippen LogP contribution in [0.1, 0.15) is 24.9 Å². The molecule has 102 valence electrons. The van der Waals surface area contributed by atoms with Gasteiger partial charge in [-0.15, -0.1) is 0 Å². The normalized spacial score (nSPS) is 16.2. The molecule has 0 aliphatic rings. The number of benzene rings is 1. The Hall–Kier alpha value is -1.87. The van der Waals surface area contributed by atoms with Crippen LogP contribution >= 0.6 is 0 Å². The van der Waals surface area contributed by atoms with Crippen LogP contribution in [0.25, 0.3) is 0 Å². The lowest BCUT2D eigenvalue weighted by Gasteiger charge is -2.30. The van der Waals surface area contributed by atoms with E-state index in [0.29, 0.717) is 11.8 Å². The Kier molecular flexibility index (Phi) is 4.67. The zero-order valence-corrected chi connectivity index (χ0v) is 10.2. The Balaban J connectivity index is 3.03. The van der Waals surface area contributed by atoms with Crippen LogP contribution in [0.15, 0.2) is 30.3 Å². The highest BCUT2D eigenvalue weighted by Gasteiger charge is 2.52. The molecule has 0 saturated carbocycles. The van der Waals surface area contributed by atoms with Gasteiger partial charge in [0, 0.05) is 12.5 Å². The Morgan fingerprint density at radius 2 is 1.95 bits per heavy atom. The van der Waals surface area contributed by atoms with E-state index in [1.165, 1.54) is 6.07 Å². The van der Waals surface area contributed by atoms with Crippen molar-refractivity contribution in [2.45, 2.75) is 31.1 Å². The molecule has 1 N–H and O–H groups in total. The number of nitrogens with zero attached hydrogens (tertiary/aromatic N) is 1. The largest absolute Gasteiger partial charge is 0.419 e. The molecule has 0 bridgehead atoms. The summed E-state index contributed by atoms with van der Waals surface area (Å²) >= 11 is 0. The molecule has 3 nitrogen and oxygen atoms in total. The minimum atomic E-state index is -4.72. The number of rotatable bonds is 5. The Labute approximate surface area is 109 Å². The van der Waals surface area contributed by atoms with Gasteiger partial charge in [-0.1, -0.05) is 30.3 Å². The third-order valence-corrected chi connectivity index (χ3v) is 2.79. The maximum Gasteiger partial charge on any atom is 0.419 e. The minimum Gasteiger partial charge on any atom is -0.303 e. The molecule has 6 heteroatoms. The second-order valence-corrected chi connectivity index (χ2v) is 4.24. The first-order chi connectivity index (χ1) is 8.84. The molecule has 2 unspecified atom stereocenters. The van der Waals surface area contributed by atoms with Crippen LogP contribution in [0.2, 0.25) is 0 Å². The Morgan fingerprint density at radius 1 is 1.37 bits per heavy atom. The van der Waals surface area contributed by atoms with Crippen LogP contribution in [0.5, 0.6) is 0 Å². The first kappa shape index (κ1) is 15.2. The van der Waals surface area contributed by atoms with Crippen LogP contribution in [-0.2, 0) is 4.79 Å². The van der Waals surface area contributed by atoms with Crippen molar-refractivity contribution in [2.75, 3.05) is 0 Å². The van der Waals surface area contributed by atoms with E-state index in [9.17, 15) is 18.0 Å². The quantitative estimate of drug-likeness (QED) is 0.837. The van der Waals surface area contributed by atoms with E-state index in [-0.39, 0.29) is 6.42 Å². The molecule has 0 aromatic heterocycles. The van der Waals surface area contributed by atoms with Crippen LogP contribution in [0.3, 0.4) is 0 Å². The zero-order valence-electron chi connectivity index (χ0n) is 10.2. The molecule has 0 aliphatic heterocycles. The molecule has 1 rings (SSSR count). The van der Waals surface area contributed by atoms with Crippen LogP contribution in [0, 0.1) is 11.3 Å². The van der Waals surface area contributed by atoms with Gasteiger partial charge in [0.1, 0.15) is 6.29 Å². The Morgan fingerprint density at radius 3 is 2.37 bits per heavy atom. The summed E-state index contributed by atoms with van der Waals surface area (Å²) in [5.41, 5.74) is -2.17. The predicted octanol–water partition coefficient (Wildman–Crippen LogP) is 2.75. The lowest BCUT2D eigenvalue weighted by atomic mass is 9.97. The topological polar surface area (TPSA) is 52.9 Å². The molecule has 0 radical (unpaired) electrons. The van der Waals surface area contributed by atoms with Crippen molar-refractivity contribution in [1.29, 1.82) is 5.26 Å². The van der Waals surface area contributed by atoms with Crippen molar-refractivity contribution >= 4 is 6.29 Å². The van der Waals surface area contributed by atoms with Crippen molar-refractivity contribution in [2.24, 2.45) is 0 Å². The van der Waals surface area contributed by atoms with Crippen LogP contribution in [0.4, 0.5) is 13.2 Å². The average Bonchev–Trinajstić information content (AvgIpc) is 2.37. The zero-order chi connectivity index (χ0) is 14.5. The summed E-state index contributed by atoms with van der Waals surface area (Å²) in [5, 5.41) is 11.0. The summed E-state index contributed by atoms with van der Waals surface area (Å²) in [7, 11) is 0. The average molecular weight is 270 g/mol. The number of hydrogen-bond acceptors (Lipinski definition) is 3. The van der Waals surface area contributed by atoms with E-state index >= 15 is 0 Å². The van der Waals surface area contributed by atoms with E-state index in [1.807, 2.05) is 0 Å². The molecule has 1 aromatic rings. The monoisotopic (exact) mass is 270 g/mol. The van der Waals surface area contributed by atoms with Gasteiger partial charge in [-0.2, -0.15) is 18.4 Å². The second-order valence-electron chi connectivity index (χ2n) is 4.24. The molecule has 1 aromatic carbocycles. The summed E-state index contributed by atoms with van der Waals surface area (Å²) < 4.78 is 38.5. The third-order valence-electron chi connectivity index (χ3n) is 2.79. The van der Waals surface area contributed by atoms with E-state index in [4.69, 9.17) is 5.26 Å². The lowest BCUT2D eigenvalue weighted by Crippen LogP contribution is -2.54. The minimum absolute atomic E-state index is 0.142. The maximum atomic E-state index is 12.8. The molecular formula is C13H13F3N2O. The highest BCUT2D eigenvalue weighted by molar-refractivity contribution is 5.51. The molecule has 0 aliphatic carbocycles. The van der Waals surface area contributed by atoms with Gasteiger partial charge in [0.15, 0.2) is 0 Å². The molecule has 19 heavy (non-hydrogen) atoms. The van der Waals surface area contributed by atoms with Gasteiger partial charge in [0.05, 0.1) is 6.07 Å². The number of alkyl halides is 3. The molecule has 0 heterocycles. The standard InChI is InChI=1S/C13H13F3N2O/c1-12(9-17,13(14,15)16)18-11(7-8-19)10-5-3-2-4-6-10/h2-6,8,11,18H,7H2,1H3. The highest BCUT2D eigenvalue weighted by Crippen LogP contribution is 2.32. The van der Waals surface area contributed by atoms with Crippen molar-refractivity contribution in [3.63, 3.8) is 0 Å². The van der Waals surface area contributed by atoms with Gasteiger partial charge < -0.3 is 4.79 Å². The van der Waals surface area contributed by atoms with Crippen molar-refractivity contribution in [3.8, 4) is 6.07 Å². The van der Waals surface area contributed by atoms with E-state index in [1.54, 1.807) is 30.3 Å². The van der Waals surface area contributed by atoms with Crippen molar-refractivity contribution in [3.05, 3.63) is 35.9 Å². The summed E-state index contributed by atoms with van der Waals surface area (Å²) in [6.07, 6.45) is -4.34. The first-order valence-electron chi connectivity index (χ1n) is 5.58. The van der Waals surface area contributed by atoms with Crippen LogP contribution in [-0.4, -0.2) is 18.0 Å². The van der Waals surface area contributed by atoms with Gasteiger partial charge in [-0.25, -0.2) is 0 Å². The number of hydrogen-bond donors (Lipinski definition) is 1.